The molecule has 2 amide bonds. The Bertz CT molecular complexity index is 956. The minimum absolute atomic E-state index is 0.112. The highest BCUT2D eigenvalue weighted by atomic mass is 16.5. The molecule has 2 aliphatic heterocycles. The summed E-state index contributed by atoms with van der Waals surface area (Å²) in [4.78, 5) is 26.4. The monoisotopic (exact) mass is 376 g/mol. The van der Waals surface area contributed by atoms with Crippen molar-refractivity contribution in [3.8, 4) is 5.75 Å². The Morgan fingerprint density at radius 1 is 1.14 bits per heavy atom. The molecule has 2 aromatic carbocycles. The van der Waals surface area contributed by atoms with Crippen molar-refractivity contribution in [3.63, 3.8) is 0 Å². The van der Waals surface area contributed by atoms with E-state index in [4.69, 9.17) is 4.74 Å². The summed E-state index contributed by atoms with van der Waals surface area (Å²) in [6.07, 6.45) is 3.86. The van der Waals surface area contributed by atoms with Crippen LogP contribution in [-0.4, -0.2) is 17.5 Å². The van der Waals surface area contributed by atoms with E-state index in [0.717, 1.165) is 48.2 Å². The first-order valence-electron chi connectivity index (χ1n) is 10.1. The summed E-state index contributed by atoms with van der Waals surface area (Å²) in [7, 11) is 0. The van der Waals surface area contributed by atoms with Crippen molar-refractivity contribution in [2.24, 2.45) is 11.8 Å². The Balaban J connectivity index is 1.57. The molecular formula is C23H24N2O3. The van der Waals surface area contributed by atoms with Crippen LogP contribution in [0.15, 0.2) is 48.5 Å². The van der Waals surface area contributed by atoms with E-state index in [-0.39, 0.29) is 23.7 Å². The Morgan fingerprint density at radius 2 is 1.93 bits per heavy atom. The zero-order valence-corrected chi connectivity index (χ0v) is 15.9. The zero-order chi connectivity index (χ0) is 19.3. The van der Waals surface area contributed by atoms with Gasteiger partial charge >= 0.3 is 0 Å². The largest absolute Gasteiger partial charge is 0.467 e. The van der Waals surface area contributed by atoms with E-state index < -0.39 is 11.6 Å². The number of rotatable bonds is 2. The first-order valence-corrected chi connectivity index (χ1v) is 10.1. The molecule has 5 nitrogen and oxygen atoms in total. The molecule has 5 heteroatoms. The second-order valence-corrected chi connectivity index (χ2v) is 8.18. The second-order valence-electron chi connectivity index (χ2n) is 8.18. The molecule has 0 unspecified atom stereocenters. The van der Waals surface area contributed by atoms with Crippen molar-refractivity contribution in [1.82, 2.24) is 5.32 Å². The zero-order valence-electron chi connectivity index (χ0n) is 15.9. The van der Waals surface area contributed by atoms with Gasteiger partial charge < -0.3 is 15.4 Å². The highest BCUT2D eigenvalue weighted by Crippen LogP contribution is 2.55. The van der Waals surface area contributed by atoms with Gasteiger partial charge in [-0.1, -0.05) is 42.8 Å². The molecule has 1 saturated heterocycles. The quantitative estimate of drug-likeness (QED) is 0.785. The van der Waals surface area contributed by atoms with Gasteiger partial charge in [-0.3, -0.25) is 9.59 Å². The van der Waals surface area contributed by atoms with Crippen LogP contribution in [0.25, 0.3) is 0 Å². The van der Waals surface area contributed by atoms with Crippen LogP contribution in [0.5, 0.6) is 5.75 Å². The lowest BCUT2D eigenvalue weighted by Crippen LogP contribution is -2.69. The molecule has 2 bridgehead atoms. The van der Waals surface area contributed by atoms with Crippen LogP contribution in [0.3, 0.4) is 0 Å². The van der Waals surface area contributed by atoms with Gasteiger partial charge in [0.25, 0.3) is 0 Å². The number of fused-ring (bicyclic) bond motifs is 2. The Kier molecular flexibility index (Phi) is 3.93. The van der Waals surface area contributed by atoms with Crippen LogP contribution in [0.1, 0.15) is 42.7 Å². The molecule has 2 aromatic rings. The van der Waals surface area contributed by atoms with E-state index in [2.05, 4.69) is 10.6 Å². The van der Waals surface area contributed by atoms with Crippen LogP contribution in [0.2, 0.25) is 0 Å². The van der Waals surface area contributed by atoms with Crippen LogP contribution in [0, 0.1) is 18.8 Å². The fourth-order valence-electron chi connectivity index (χ4n) is 5.28. The van der Waals surface area contributed by atoms with Crippen molar-refractivity contribution in [3.05, 3.63) is 59.7 Å². The Hall–Kier alpha value is -2.82. The lowest BCUT2D eigenvalue weighted by atomic mass is 9.62. The Labute approximate surface area is 164 Å². The number of para-hydroxylation sites is 2. The maximum atomic E-state index is 13.3. The van der Waals surface area contributed by atoms with Gasteiger partial charge in [0.15, 0.2) is 5.72 Å². The van der Waals surface area contributed by atoms with Crippen molar-refractivity contribution in [2.75, 3.05) is 5.32 Å². The molecule has 1 saturated carbocycles. The van der Waals surface area contributed by atoms with Gasteiger partial charge in [-0.15, -0.1) is 0 Å². The molecule has 0 radical (unpaired) electrons. The molecule has 4 atom stereocenters. The summed E-state index contributed by atoms with van der Waals surface area (Å²) in [5.41, 5.74) is 2.03. The SMILES string of the molecule is Cc1ccccc1NC(=O)[C@H]1C(=O)N[C@]23CCCC[C@H]2[C@H]1c1ccccc1O3. The molecule has 0 aromatic heterocycles. The van der Waals surface area contributed by atoms with Gasteiger partial charge in [0.1, 0.15) is 11.7 Å². The summed E-state index contributed by atoms with van der Waals surface area (Å²) in [5.74, 6) is -0.499. The maximum Gasteiger partial charge on any atom is 0.237 e. The van der Waals surface area contributed by atoms with Crippen molar-refractivity contribution >= 4 is 17.5 Å². The number of anilines is 1. The van der Waals surface area contributed by atoms with Gasteiger partial charge in [-0.05, 0) is 43.0 Å². The molecule has 0 spiro atoms. The molecule has 144 valence electrons. The van der Waals surface area contributed by atoms with Crippen molar-refractivity contribution in [1.29, 1.82) is 0 Å². The molecule has 2 fully saturated rings. The predicted molar refractivity (Wildman–Crippen MR) is 106 cm³/mol. The number of nitrogens with one attached hydrogen (secondary N) is 2. The number of amides is 2. The smallest absolute Gasteiger partial charge is 0.237 e. The first-order chi connectivity index (χ1) is 13.6. The third-order valence-corrected chi connectivity index (χ3v) is 6.58. The Morgan fingerprint density at radius 3 is 2.79 bits per heavy atom. The van der Waals surface area contributed by atoms with Gasteiger partial charge in [-0.2, -0.15) is 0 Å². The lowest BCUT2D eigenvalue weighted by Gasteiger charge is -2.55. The van der Waals surface area contributed by atoms with Crippen LogP contribution >= 0.6 is 0 Å². The molecule has 1 aliphatic carbocycles. The molecular weight excluding hydrogens is 352 g/mol. The van der Waals surface area contributed by atoms with E-state index in [1.165, 1.54) is 0 Å². The van der Waals surface area contributed by atoms with E-state index >= 15 is 0 Å². The fraction of sp³-hybridized carbons (Fsp3) is 0.391. The second kappa shape index (κ2) is 6.36. The summed E-state index contributed by atoms with van der Waals surface area (Å²) < 4.78 is 6.37. The number of aryl methyl sites for hydroxylation is 1. The van der Waals surface area contributed by atoms with Crippen molar-refractivity contribution in [2.45, 2.75) is 44.2 Å². The van der Waals surface area contributed by atoms with Gasteiger partial charge in [0.05, 0.1) is 0 Å². The van der Waals surface area contributed by atoms with Gasteiger partial charge in [-0.25, -0.2) is 0 Å². The third kappa shape index (κ3) is 2.53. The predicted octanol–water partition coefficient (Wildman–Crippen LogP) is 3.74. The highest BCUT2D eigenvalue weighted by molar-refractivity contribution is 6.08. The van der Waals surface area contributed by atoms with Gasteiger partial charge in [0.2, 0.25) is 11.8 Å². The molecule has 5 rings (SSSR count). The number of hydrogen-bond acceptors (Lipinski definition) is 3. The number of hydrogen-bond donors (Lipinski definition) is 2. The molecule has 3 aliphatic rings. The molecule has 2 heterocycles. The van der Waals surface area contributed by atoms with E-state index in [9.17, 15) is 9.59 Å². The van der Waals surface area contributed by atoms with E-state index in [0.29, 0.717) is 0 Å². The summed E-state index contributed by atoms with van der Waals surface area (Å²) in [6.45, 7) is 1.95. The van der Waals surface area contributed by atoms with Crippen LogP contribution in [-0.2, 0) is 9.59 Å². The van der Waals surface area contributed by atoms with Crippen LogP contribution < -0.4 is 15.4 Å². The van der Waals surface area contributed by atoms with Crippen molar-refractivity contribution < 1.29 is 14.3 Å². The minimum atomic E-state index is -0.763. The van der Waals surface area contributed by atoms with Gasteiger partial charge in [0, 0.05) is 23.9 Å². The maximum absolute atomic E-state index is 13.3. The lowest BCUT2D eigenvalue weighted by molar-refractivity contribution is -0.160. The average Bonchev–Trinajstić information content (AvgIpc) is 2.68. The number of carbonyl (C=O) groups excluding carboxylic acids is 2. The average molecular weight is 376 g/mol. The summed E-state index contributed by atoms with van der Waals surface area (Å²) in [6, 6.07) is 15.5. The first kappa shape index (κ1) is 17.3. The van der Waals surface area contributed by atoms with E-state index in [1.807, 2.05) is 55.5 Å². The topological polar surface area (TPSA) is 67.4 Å². The molecule has 2 N–H and O–H groups in total. The number of piperidine rings is 1. The van der Waals surface area contributed by atoms with Crippen LogP contribution in [0.4, 0.5) is 5.69 Å². The summed E-state index contributed by atoms with van der Waals surface area (Å²) in [5, 5.41) is 6.11. The fourth-order valence-corrected chi connectivity index (χ4v) is 5.28. The third-order valence-electron chi connectivity index (χ3n) is 6.58. The standard InChI is InChI=1S/C23H24N2O3/c1-14-8-2-4-11-17(14)24-21(26)20-19-15-9-3-5-12-18(15)28-23(25-22(20)27)13-7-6-10-16(19)23/h2-5,8-9,11-12,16,19-20H,6-7,10,13H2,1H3,(H,24,26)(H,25,27)/t16-,19+,20-,23-/m0/s1. The number of ether oxygens (including phenoxy) is 1. The number of benzene rings is 2. The highest BCUT2D eigenvalue weighted by Gasteiger charge is 2.60. The van der Waals surface area contributed by atoms with E-state index in [1.54, 1.807) is 0 Å². The minimum Gasteiger partial charge on any atom is -0.467 e. The summed E-state index contributed by atoms with van der Waals surface area (Å²) >= 11 is 0. The normalized spacial score (nSPS) is 30.3. The molecule has 28 heavy (non-hydrogen) atoms. The number of carbonyl (C=O) groups is 2.